The first kappa shape index (κ1) is 29.9. The Kier molecular flexibility index (Phi) is 8.31. The number of rotatable bonds is 3. The fourth-order valence-electron chi connectivity index (χ4n) is 4.75. The highest BCUT2D eigenvalue weighted by atomic mass is 35.5. The van der Waals surface area contributed by atoms with Crippen molar-refractivity contribution in [1.29, 1.82) is 0 Å². The summed E-state index contributed by atoms with van der Waals surface area (Å²) in [7, 11) is 0. The average Bonchev–Trinajstić information content (AvgIpc) is 3.46. The minimum Gasteiger partial charge on any atom is -0.350 e. The van der Waals surface area contributed by atoms with E-state index in [0.29, 0.717) is 30.3 Å². The molecule has 10 nitrogen and oxygen atoms in total. The Morgan fingerprint density at radius 2 is 1.81 bits per heavy atom. The molecule has 2 N–H and O–H groups in total. The van der Waals surface area contributed by atoms with E-state index < -0.39 is 41.1 Å². The summed E-state index contributed by atoms with van der Waals surface area (Å²) < 4.78 is 55.4. The van der Waals surface area contributed by atoms with Crippen molar-refractivity contribution in [3.05, 3.63) is 87.4 Å². The number of benzene rings is 2. The maximum Gasteiger partial charge on any atom is 0.436 e. The SMILES string of the molecule is C[C@@H]1CCC[C@H](n2cnc(-c3cc(Cl)ccc3-n3cc(C(F)(F)F)nn3)cc2=O)C(=O)NCc2cc(F)ccc2NC1=O. The molecular weight excluding hydrogens is 594 g/mol. The summed E-state index contributed by atoms with van der Waals surface area (Å²) in [6.45, 7) is 1.62. The maximum atomic E-state index is 14.0. The van der Waals surface area contributed by atoms with Gasteiger partial charge < -0.3 is 10.6 Å². The van der Waals surface area contributed by atoms with Gasteiger partial charge in [-0.15, -0.1) is 5.10 Å². The van der Waals surface area contributed by atoms with Crippen LogP contribution in [-0.4, -0.2) is 36.4 Å². The van der Waals surface area contributed by atoms with Gasteiger partial charge in [-0.25, -0.2) is 14.1 Å². The van der Waals surface area contributed by atoms with E-state index in [1.165, 1.54) is 42.7 Å². The molecule has 4 aromatic rings. The summed E-state index contributed by atoms with van der Waals surface area (Å²) >= 11 is 6.16. The third kappa shape index (κ3) is 6.58. The van der Waals surface area contributed by atoms with Crippen molar-refractivity contribution in [2.45, 2.75) is 44.9 Å². The molecule has 0 aliphatic carbocycles. The van der Waals surface area contributed by atoms with Gasteiger partial charge in [-0.2, -0.15) is 13.2 Å². The normalized spacial score (nSPS) is 18.2. The quantitative estimate of drug-likeness (QED) is 0.315. The number of carbonyl (C=O) groups excluding carboxylic acids is 2. The smallest absolute Gasteiger partial charge is 0.350 e. The summed E-state index contributed by atoms with van der Waals surface area (Å²) in [5.74, 6) is -1.74. The summed E-state index contributed by atoms with van der Waals surface area (Å²) in [6.07, 6.45) is -1.81. The molecule has 2 aromatic heterocycles. The van der Waals surface area contributed by atoms with Gasteiger partial charge in [-0.05, 0) is 54.8 Å². The predicted octanol–water partition coefficient (Wildman–Crippen LogP) is 4.92. The van der Waals surface area contributed by atoms with E-state index in [1.807, 2.05) is 0 Å². The van der Waals surface area contributed by atoms with Crippen molar-refractivity contribution in [3.63, 3.8) is 0 Å². The molecule has 0 saturated carbocycles. The Hall–Kier alpha value is -4.59. The number of anilines is 1. The molecule has 0 fully saturated rings. The lowest BCUT2D eigenvalue weighted by molar-refractivity contribution is -0.141. The van der Waals surface area contributed by atoms with Crippen molar-refractivity contribution in [3.8, 4) is 16.9 Å². The molecule has 1 aliphatic rings. The number of aromatic nitrogens is 5. The topological polar surface area (TPSA) is 124 Å². The molecule has 15 heteroatoms. The first-order valence-corrected chi connectivity index (χ1v) is 13.5. The molecule has 0 spiro atoms. The molecule has 5 rings (SSSR count). The molecule has 224 valence electrons. The van der Waals surface area contributed by atoms with Gasteiger partial charge in [0, 0.05) is 34.8 Å². The number of hydrogen-bond donors (Lipinski definition) is 2. The van der Waals surface area contributed by atoms with Crippen molar-refractivity contribution < 1.29 is 27.2 Å². The Morgan fingerprint density at radius 3 is 2.53 bits per heavy atom. The maximum absolute atomic E-state index is 14.0. The predicted molar refractivity (Wildman–Crippen MR) is 148 cm³/mol. The molecule has 0 radical (unpaired) electrons. The van der Waals surface area contributed by atoms with Crippen LogP contribution < -0.4 is 16.2 Å². The number of fused-ring (bicyclic) bond motifs is 1. The number of nitrogens with one attached hydrogen (secondary N) is 2. The highest BCUT2D eigenvalue weighted by Gasteiger charge is 2.35. The van der Waals surface area contributed by atoms with Crippen LogP contribution in [0.4, 0.5) is 23.2 Å². The van der Waals surface area contributed by atoms with Gasteiger partial charge in [0.05, 0.1) is 23.9 Å². The zero-order chi connectivity index (χ0) is 30.9. The van der Waals surface area contributed by atoms with Gasteiger partial charge in [0.15, 0.2) is 5.69 Å². The molecule has 2 atom stereocenters. The molecule has 2 aromatic carbocycles. The molecule has 2 amide bonds. The lowest BCUT2D eigenvalue weighted by atomic mass is 9.99. The van der Waals surface area contributed by atoms with Crippen molar-refractivity contribution in [2.75, 3.05) is 5.32 Å². The van der Waals surface area contributed by atoms with E-state index in [4.69, 9.17) is 11.6 Å². The zero-order valence-corrected chi connectivity index (χ0v) is 23.3. The number of alkyl halides is 3. The van der Waals surface area contributed by atoms with Gasteiger partial charge in [-0.3, -0.25) is 19.0 Å². The summed E-state index contributed by atoms with van der Waals surface area (Å²) in [4.78, 5) is 43.7. The highest BCUT2D eigenvalue weighted by Crippen LogP contribution is 2.31. The first-order valence-electron chi connectivity index (χ1n) is 13.2. The lowest BCUT2D eigenvalue weighted by Gasteiger charge is -2.22. The van der Waals surface area contributed by atoms with E-state index in [2.05, 4.69) is 25.9 Å². The van der Waals surface area contributed by atoms with Crippen LogP contribution in [0.3, 0.4) is 0 Å². The third-order valence-electron chi connectivity index (χ3n) is 7.08. The van der Waals surface area contributed by atoms with Gasteiger partial charge >= 0.3 is 6.18 Å². The number of nitrogens with zero attached hydrogens (tertiary/aromatic N) is 5. The second-order valence-corrected chi connectivity index (χ2v) is 10.5. The van der Waals surface area contributed by atoms with Crippen LogP contribution in [0.2, 0.25) is 5.02 Å². The van der Waals surface area contributed by atoms with Crippen LogP contribution in [0, 0.1) is 11.7 Å². The number of hydrogen-bond acceptors (Lipinski definition) is 6. The molecular formula is C28H24ClF4N7O3. The number of carbonyl (C=O) groups is 2. The fourth-order valence-corrected chi connectivity index (χ4v) is 4.92. The fraction of sp³-hybridized carbons (Fsp3) is 0.286. The Balaban J connectivity index is 1.48. The molecule has 0 unspecified atom stereocenters. The van der Waals surface area contributed by atoms with Gasteiger partial charge in [-0.1, -0.05) is 30.2 Å². The summed E-state index contributed by atoms with van der Waals surface area (Å²) in [5, 5.41) is 12.5. The molecule has 3 heterocycles. The number of amides is 2. The van der Waals surface area contributed by atoms with Gasteiger partial charge in [0.2, 0.25) is 11.8 Å². The minimum absolute atomic E-state index is 0.0751. The highest BCUT2D eigenvalue weighted by molar-refractivity contribution is 6.31. The van der Waals surface area contributed by atoms with Crippen LogP contribution in [-0.2, 0) is 22.3 Å². The number of halogens is 5. The Labute approximate surface area is 246 Å². The van der Waals surface area contributed by atoms with Gasteiger partial charge in [0.1, 0.15) is 11.9 Å². The van der Waals surface area contributed by atoms with E-state index in [1.54, 1.807) is 6.92 Å². The zero-order valence-electron chi connectivity index (χ0n) is 22.5. The molecule has 0 saturated heterocycles. The lowest BCUT2D eigenvalue weighted by Crippen LogP contribution is -2.37. The van der Waals surface area contributed by atoms with E-state index >= 15 is 0 Å². The summed E-state index contributed by atoms with van der Waals surface area (Å²) in [5.41, 5.74) is -0.685. The van der Waals surface area contributed by atoms with Crippen LogP contribution in [0.1, 0.15) is 43.5 Å². The van der Waals surface area contributed by atoms with E-state index in [-0.39, 0.29) is 40.8 Å². The molecule has 1 aliphatic heterocycles. The van der Waals surface area contributed by atoms with Crippen molar-refractivity contribution in [2.24, 2.45) is 5.92 Å². The Bertz CT molecular complexity index is 1750. The van der Waals surface area contributed by atoms with Crippen LogP contribution in [0.25, 0.3) is 16.9 Å². The third-order valence-corrected chi connectivity index (χ3v) is 7.32. The Morgan fingerprint density at radius 1 is 1.02 bits per heavy atom. The monoisotopic (exact) mass is 617 g/mol. The van der Waals surface area contributed by atoms with Gasteiger partial charge in [0.25, 0.3) is 5.56 Å². The van der Waals surface area contributed by atoms with Crippen LogP contribution in [0.5, 0.6) is 0 Å². The second-order valence-electron chi connectivity index (χ2n) is 10.1. The first-order chi connectivity index (χ1) is 20.4. The van der Waals surface area contributed by atoms with E-state index in [0.717, 1.165) is 15.3 Å². The second kappa shape index (κ2) is 12.0. The largest absolute Gasteiger partial charge is 0.436 e. The standard InChI is InChI=1S/C28H24ClF4N7O3/c1-15-3-2-4-23(27(43)34-12-16-9-18(30)6-7-20(16)36-26(15)42)39-14-35-21(11-25(39)41)19-10-17(29)5-8-22(19)40-13-24(37-38-40)28(31,32)33/h5-11,13-15,23H,2-4,12H2,1H3,(H,34,43)(H,36,42)/t15-,23+/m1/s1. The van der Waals surface area contributed by atoms with Crippen molar-refractivity contribution in [1.82, 2.24) is 29.9 Å². The van der Waals surface area contributed by atoms with Crippen LogP contribution >= 0.6 is 11.6 Å². The molecule has 0 bridgehead atoms. The minimum atomic E-state index is -4.71. The summed E-state index contributed by atoms with van der Waals surface area (Å²) in [6, 6.07) is 8.24. The van der Waals surface area contributed by atoms with E-state index in [9.17, 15) is 31.9 Å². The molecule has 43 heavy (non-hydrogen) atoms. The van der Waals surface area contributed by atoms with Crippen molar-refractivity contribution >= 4 is 29.1 Å². The van der Waals surface area contributed by atoms with Crippen LogP contribution in [0.15, 0.2) is 59.8 Å². The average molecular weight is 618 g/mol.